The van der Waals surface area contributed by atoms with E-state index in [2.05, 4.69) is 15.3 Å². The average Bonchev–Trinajstić information content (AvgIpc) is 3.56. The number of piperazine rings is 1. The maximum Gasteiger partial charge on any atom is 0.246 e. The number of ketones is 1. The monoisotopic (exact) mass is 617 g/mol. The smallest absolute Gasteiger partial charge is 0.246 e. The highest BCUT2D eigenvalue weighted by Crippen LogP contribution is 2.19. The highest BCUT2D eigenvalue weighted by Gasteiger charge is 2.40. The SMILES string of the molecule is NC(N)=NCCCCC(NC(=O)CN1C(=O)CN(CCCc2ccccc2)C(=O)[C@@H]1Cc1ccccc1)C(=O)c1nccs1. The number of guanidine groups is 1. The van der Waals surface area contributed by atoms with Gasteiger partial charge >= 0.3 is 0 Å². The molecule has 1 aliphatic heterocycles. The van der Waals surface area contributed by atoms with Crippen LogP contribution in [0.25, 0.3) is 0 Å². The highest BCUT2D eigenvalue weighted by atomic mass is 32.1. The second-order valence-corrected chi connectivity index (χ2v) is 11.6. The second kappa shape index (κ2) is 16.3. The number of hydrogen-bond donors (Lipinski definition) is 3. The number of unbranched alkanes of at least 4 members (excludes halogenated alkanes) is 1. The molecule has 0 spiro atoms. The lowest BCUT2D eigenvalue weighted by Gasteiger charge is -2.40. The number of carbonyl (C=O) groups is 4. The number of Topliss-reactive ketones (excluding diaryl/α,β-unsaturated/α-hetero) is 1. The van der Waals surface area contributed by atoms with E-state index in [9.17, 15) is 19.2 Å². The quantitative estimate of drug-likeness (QED) is 0.0960. The predicted molar refractivity (Wildman–Crippen MR) is 170 cm³/mol. The number of aliphatic imine (C=N–C) groups is 1. The fourth-order valence-corrected chi connectivity index (χ4v) is 5.85. The molecule has 4 rings (SSSR count). The Morgan fingerprint density at radius 3 is 2.36 bits per heavy atom. The summed E-state index contributed by atoms with van der Waals surface area (Å²) in [5.74, 6) is -1.32. The van der Waals surface area contributed by atoms with E-state index in [1.165, 1.54) is 28.0 Å². The van der Waals surface area contributed by atoms with Crippen molar-refractivity contribution in [3.63, 3.8) is 0 Å². The van der Waals surface area contributed by atoms with Gasteiger partial charge in [-0.05, 0) is 43.2 Å². The molecule has 0 aliphatic carbocycles. The summed E-state index contributed by atoms with van der Waals surface area (Å²) in [7, 11) is 0. The molecule has 2 heterocycles. The third kappa shape index (κ3) is 9.46. The van der Waals surface area contributed by atoms with E-state index in [1.807, 2.05) is 60.7 Å². The maximum absolute atomic E-state index is 13.8. The standard InChI is InChI=1S/C32H39N7O4S/c33-32(34)36-16-8-7-15-25(29(42)30-35-17-19-44-30)37-27(40)21-39-26(20-24-12-5-2-6-13-24)31(43)38(22-28(39)41)18-9-14-23-10-3-1-4-11-23/h1-6,10-13,17,19,25-26H,7-9,14-16,18,20-22H2,(H,37,40)(H4,33,34,36)/t25?,26-/m0/s1. The normalized spacial score (nSPS) is 15.6. The molecule has 1 unspecified atom stereocenters. The molecule has 44 heavy (non-hydrogen) atoms. The number of thiazole rings is 1. The Bertz CT molecular complexity index is 1410. The summed E-state index contributed by atoms with van der Waals surface area (Å²) in [5, 5.41) is 4.80. The highest BCUT2D eigenvalue weighted by molar-refractivity contribution is 7.11. The number of aryl methyl sites for hydroxylation is 1. The first kappa shape index (κ1) is 32.3. The van der Waals surface area contributed by atoms with Crippen LogP contribution < -0.4 is 16.8 Å². The van der Waals surface area contributed by atoms with E-state index < -0.39 is 18.0 Å². The van der Waals surface area contributed by atoms with Crippen molar-refractivity contribution < 1.29 is 19.2 Å². The number of rotatable bonds is 16. The van der Waals surface area contributed by atoms with Crippen LogP contribution in [-0.2, 0) is 27.2 Å². The number of nitrogens with zero attached hydrogens (tertiary/aromatic N) is 4. The lowest BCUT2D eigenvalue weighted by Crippen LogP contribution is -2.62. The summed E-state index contributed by atoms with van der Waals surface area (Å²) in [6, 6.07) is 17.7. The number of nitrogens with two attached hydrogens (primary N) is 2. The minimum Gasteiger partial charge on any atom is -0.370 e. The van der Waals surface area contributed by atoms with Gasteiger partial charge in [-0.25, -0.2) is 4.98 Å². The molecule has 11 nitrogen and oxygen atoms in total. The molecule has 0 radical (unpaired) electrons. The fourth-order valence-electron chi connectivity index (χ4n) is 5.22. The van der Waals surface area contributed by atoms with Gasteiger partial charge in [-0.3, -0.25) is 24.2 Å². The van der Waals surface area contributed by atoms with Crippen molar-refractivity contribution in [1.82, 2.24) is 20.1 Å². The van der Waals surface area contributed by atoms with Crippen molar-refractivity contribution >= 4 is 40.8 Å². The molecular weight excluding hydrogens is 578 g/mol. The van der Waals surface area contributed by atoms with Gasteiger partial charge in [0.05, 0.1) is 12.6 Å². The van der Waals surface area contributed by atoms with Gasteiger partial charge in [0.15, 0.2) is 11.0 Å². The lowest BCUT2D eigenvalue weighted by molar-refractivity contribution is -0.157. The molecule has 12 heteroatoms. The minimum atomic E-state index is -0.842. The number of amides is 3. The van der Waals surface area contributed by atoms with Gasteiger partial charge in [0, 0.05) is 31.1 Å². The van der Waals surface area contributed by atoms with Gasteiger partial charge < -0.3 is 26.6 Å². The summed E-state index contributed by atoms with van der Waals surface area (Å²) in [6.07, 6.45) is 4.86. The lowest BCUT2D eigenvalue weighted by atomic mass is 10.00. The fraction of sp³-hybridized carbons (Fsp3) is 0.375. The van der Waals surface area contributed by atoms with Crippen LogP contribution in [0.1, 0.15) is 46.6 Å². The number of aromatic nitrogens is 1. The largest absolute Gasteiger partial charge is 0.370 e. The zero-order valence-electron chi connectivity index (χ0n) is 24.6. The van der Waals surface area contributed by atoms with Crippen LogP contribution >= 0.6 is 11.3 Å². The molecule has 1 aliphatic rings. The van der Waals surface area contributed by atoms with E-state index >= 15 is 0 Å². The Balaban J connectivity index is 1.44. The zero-order valence-corrected chi connectivity index (χ0v) is 25.5. The van der Waals surface area contributed by atoms with Crippen molar-refractivity contribution in [2.45, 2.75) is 50.6 Å². The van der Waals surface area contributed by atoms with Crippen molar-refractivity contribution in [3.8, 4) is 0 Å². The molecule has 3 amide bonds. The number of benzene rings is 2. The molecule has 1 fully saturated rings. The second-order valence-electron chi connectivity index (χ2n) is 10.7. The van der Waals surface area contributed by atoms with Crippen molar-refractivity contribution in [1.29, 1.82) is 0 Å². The van der Waals surface area contributed by atoms with Gasteiger partial charge in [0.1, 0.15) is 12.6 Å². The molecule has 0 saturated carbocycles. The first-order chi connectivity index (χ1) is 21.3. The van der Waals surface area contributed by atoms with Gasteiger partial charge in [-0.1, -0.05) is 60.7 Å². The molecule has 0 bridgehead atoms. The molecule has 1 aromatic heterocycles. The van der Waals surface area contributed by atoms with Crippen LogP contribution in [0, 0.1) is 0 Å². The van der Waals surface area contributed by atoms with E-state index in [0.717, 1.165) is 12.0 Å². The van der Waals surface area contributed by atoms with E-state index in [1.54, 1.807) is 10.3 Å². The van der Waals surface area contributed by atoms with Gasteiger partial charge in [0.2, 0.25) is 23.5 Å². The maximum atomic E-state index is 13.8. The molecule has 3 aromatic rings. The summed E-state index contributed by atoms with van der Waals surface area (Å²) in [4.78, 5) is 64.8. The first-order valence-corrected chi connectivity index (χ1v) is 15.6. The Hall–Kier alpha value is -4.58. The van der Waals surface area contributed by atoms with Gasteiger partial charge in [-0.2, -0.15) is 0 Å². The molecule has 1 saturated heterocycles. The average molecular weight is 618 g/mol. The van der Waals surface area contributed by atoms with Gasteiger partial charge in [0.25, 0.3) is 0 Å². The Morgan fingerprint density at radius 1 is 1.00 bits per heavy atom. The summed E-state index contributed by atoms with van der Waals surface area (Å²) < 4.78 is 0. The zero-order chi connectivity index (χ0) is 31.3. The first-order valence-electron chi connectivity index (χ1n) is 14.8. The number of hydrogen-bond acceptors (Lipinski definition) is 7. The van der Waals surface area contributed by atoms with Crippen LogP contribution in [0.3, 0.4) is 0 Å². The van der Waals surface area contributed by atoms with Gasteiger partial charge in [-0.15, -0.1) is 11.3 Å². The minimum absolute atomic E-state index is 0.00530. The third-order valence-corrected chi connectivity index (χ3v) is 8.22. The Labute approximate surface area is 261 Å². The molecule has 5 N–H and O–H groups in total. The van der Waals surface area contributed by atoms with Crippen LogP contribution in [0.15, 0.2) is 77.2 Å². The Morgan fingerprint density at radius 2 is 1.70 bits per heavy atom. The third-order valence-electron chi connectivity index (χ3n) is 7.43. The molecule has 2 atom stereocenters. The molecule has 2 aromatic carbocycles. The van der Waals surface area contributed by atoms with Crippen LogP contribution in [-0.4, -0.2) is 82.5 Å². The van der Waals surface area contributed by atoms with Crippen molar-refractivity contribution in [2.75, 3.05) is 26.2 Å². The summed E-state index contributed by atoms with van der Waals surface area (Å²) >= 11 is 1.20. The van der Waals surface area contributed by atoms with Crippen molar-refractivity contribution in [2.24, 2.45) is 16.5 Å². The summed E-state index contributed by atoms with van der Waals surface area (Å²) in [6.45, 7) is 0.408. The Kier molecular flexibility index (Phi) is 12.0. The van der Waals surface area contributed by atoms with E-state index in [4.69, 9.17) is 11.5 Å². The number of nitrogens with one attached hydrogen (secondary N) is 1. The van der Waals surface area contributed by atoms with Crippen LogP contribution in [0.5, 0.6) is 0 Å². The number of carbonyl (C=O) groups excluding carboxylic acids is 4. The predicted octanol–water partition coefficient (Wildman–Crippen LogP) is 2.17. The molecular formula is C32H39N7O4S. The van der Waals surface area contributed by atoms with E-state index in [0.29, 0.717) is 38.8 Å². The summed E-state index contributed by atoms with van der Waals surface area (Å²) in [5.41, 5.74) is 12.8. The van der Waals surface area contributed by atoms with Crippen molar-refractivity contribution in [3.05, 3.63) is 88.4 Å². The van der Waals surface area contributed by atoms with Crippen LogP contribution in [0.2, 0.25) is 0 Å². The molecule has 232 valence electrons. The van der Waals surface area contributed by atoms with Crippen LogP contribution in [0.4, 0.5) is 0 Å². The topological polar surface area (TPSA) is 164 Å². The van der Waals surface area contributed by atoms with E-state index in [-0.39, 0.29) is 48.1 Å².